The number of hydrogen-bond donors (Lipinski definition) is 1. The number of sulfonamides is 1. The lowest BCUT2D eigenvalue weighted by atomic mass is 10.1. The first-order chi connectivity index (χ1) is 9.32. The van der Waals surface area contributed by atoms with Crippen LogP contribution >= 0.6 is 15.9 Å². The summed E-state index contributed by atoms with van der Waals surface area (Å²) in [6.07, 6.45) is 1.69. The Balaban J connectivity index is 2.22. The summed E-state index contributed by atoms with van der Waals surface area (Å²) < 4.78 is 27.5. The third-order valence-corrected chi connectivity index (χ3v) is 6.19. The second-order valence-electron chi connectivity index (χ2n) is 5.28. The molecule has 1 aliphatic heterocycles. The first-order valence-corrected chi connectivity index (χ1v) is 8.77. The number of rotatable bonds is 3. The zero-order valence-corrected chi connectivity index (χ0v) is 14.1. The summed E-state index contributed by atoms with van der Waals surface area (Å²) in [6, 6.07) is 5.38. The van der Waals surface area contributed by atoms with Gasteiger partial charge in [0.2, 0.25) is 10.0 Å². The maximum absolute atomic E-state index is 12.6. The molecule has 1 heterocycles. The molecule has 0 saturated carbocycles. The molecule has 1 aliphatic rings. The van der Waals surface area contributed by atoms with Crippen LogP contribution in [0.4, 0.5) is 5.69 Å². The Morgan fingerprint density at radius 1 is 1.30 bits per heavy atom. The number of nitrogens with zero attached hydrogens (tertiary/aromatic N) is 2. The van der Waals surface area contributed by atoms with Gasteiger partial charge in [-0.3, -0.25) is 0 Å². The van der Waals surface area contributed by atoms with Gasteiger partial charge in [0, 0.05) is 23.6 Å². The molecule has 0 aliphatic carbocycles. The van der Waals surface area contributed by atoms with Gasteiger partial charge in [-0.05, 0) is 45.1 Å². The van der Waals surface area contributed by atoms with E-state index in [1.165, 1.54) is 4.31 Å². The van der Waals surface area contributed by atoms with Gasteiger partial charge in [-0.15, -0.1) is 0 Å². The van der Waals surface area contributed by atoms with Crippen LogP contribution in [0.15, 0.2) is 27.6 Å². The lowest BCUT2D eigenvalue weighted by Gasteiger charge is -2.34. The normalized spacial score (nSPS) is 18.6. The van der Waals surface area contributed by atoms with Crippen LogP contribution in [0.3, 0.4) is 0 Å². The lowest BCUT2D eigenvalue weighted by Crippen LogP contribution is -2.44. The molecule has 0 atom stereocenters. The highest BCUT2D eigenvalue weighted by molar-refractivity contribution is 9.10. The van der Waals surface area contributed by atoms with Gasteiger partial charge < -0.3 is 10.6 Å². The fourth-order valence-corrected chi connectivity index (χ4v) is 4.59. The van der Waals surface area contributed by atoms with Crippen molar-refractivity contribution in [1.29, 1.82) is 0 Å². The molecule has 20 heavy (non-hydrogen) atoms. The average molecular weight is 362 g/mol. The van der Waals surface area contributed by atoms with Crippen LogP contribution in [-0.2, 0) is 10.0 Å². The third-order valence-electron chi connectivity index (χ3n) is 3.75. The summed E-state index contributed by atoms with van der Waals surface area (Å²) in [5.74, 6) is 0. The zero-order valence-electron chi connectivity index (χ0n) is 11.7. The molecular formula is C13H20BrN3O2S. The van der Waals surface area contributed by atoms with Crippen LogP contribution in [0.5, 0.6) is 0 Å². The van der Waals surface area contributed by atoms with Crippen LogP contribution in [0.2, 0.25) is 0 Å². The van der Waals surface area contributed by atoms with Gasteiger partial charge in [0.25, 0.3) is 0 Å². The van der Waals surface area contributed by atoms with E-state index in [9.17, 15) is 8.42 Å². The third kappa shape index (κ3) is 3.16. The number of benzene rings is 1. The fourth-order valence-electron chi connectivity index (χ4n) is 2.47. The van der Waals surface area contributed by atoms with Crippen LogP contribution in [0.1, 0.15) is 12.8 Å². The summed E-state index contributed by atoms with van der Waals surface area (Å²) in [6.45, 7) is 1.08. The largest absolute Gasteiger partial charge is 0.398 e. The molecular weight excluding hydrogens is 342 g/mol. The minimum atomic E-state index is -3.50. The molecule has 1 aromatic carbocycles. The molecule has 0 amide bonds. The molecule has 2 N–H and O–H groups in total. The fraction of sp³-hybridized carbons (Fsp3) is 0.538. The van der Waals surface area contributed by atoms with Crippen molar-refractivity contribution < 1.29 is 8.42 Å². The van der Waals surface area contributed by atoms with E-state index >= 15 is 0 Å². The Labute approximate surface area is 128 Å². The number of hydrogen-bond acceptors (Lipinski definition) is 4. The summed E-state index contributed by atoms with van der Waals surface area (Å²) in [5.41, 5.74) is 6.12. The van der Waals surface area contributed by atoms with Crippen LogP contribution < -0.4 is 5.73 Å². The maximum Gasteiger partial charge on any atom is 0.245 e. The lowest BCUT2D eigenvalue weighted by molar-refractivity contribution is 0.196. The summed E-state index contributed by atoms with van der Waals surface area (Å²) >= 11 is 3.30. The topological polar surface area (TPSA) is 66.6 Å². The van der Waals surface area contributed by atoms with Crippen molar-refractivity contribution >= 4 is 31.6 Å². The predicted molar refractivity (Wildman–Crippen MR) is 84.0 cm³/mol. The molecule has 112 valence electrons. The van der Waals surface area contributed by atoms with Crippen molar-refractivity contribution in [3.8, 4) is 0 Å². The van der Waals surface area contributed by atoms with Crippen molar-refractivity contribution in [2.45, 2.75) is 23.8 Å². The van der Waals surface area contributed by atoms with Crippen LogP contribution in [0, 0.1) is 0 Å². The molecule has 0 radical (unpaired) electrons. The minimum absolute atomic E-state index is 0.190. The molecule has 7 heteroatoms. The van der Waals surface area contributed by atoms with Gasteiger partial charge >= 0.3 is 0 Å². The number of halogens is 1. The van der Waals surface area contributed by atoms with Crippen molar-refractivity contribution in [1.82, 2.24) is 9.21 Å². The predicted octanol–water partition coefficient (Wildman–Crippen LogP) is 1.75. The second-order valence-corrected chi connectivity index (χ2v) is 8.10. The number of piperidine rings is 1. The Morgan fingerprint density at radius 2 is 1.90 bits per heavy atom. The van der Waals surface area contributed by atoms with Crippen LogP contribution in [-0.4, -0.2) is 50.8 Å². The number of nitrogen functional groups attached to an aromatic ring is 1. The van der Waals surface area contributed by atoms with Gasteiger partial charge in [-0.25, -0.2) is 8.42 Å². The van der Waals surface area contributed by atoms with Gasteiger partial charge in [0.05, 0.1) is 5.69 Å². The molecule has 1 fully saturated rings. The Kier molecular flexibility index (Phi) is 4.73. The Hall–Kier alpha value is -0.630. The molecule has 0 spiro atoms. The van der Waals surface area contributed by atoms with E-state index in [1.54, 1.807) is 18.2 Å². The SMILES string of the molecule is CN(C)C1CCN(S(=O)(=O)c2cc(Br)ccc2N)CC1. The molecule has 0 unspecified atom stereocenters. The average Bonchev–Trinajstić information content (AvgIpc) is 2.41. The van der Waals surface area contributed by atoms with Gasteiger partial charge in [-0.2, -0.15) is 4.31 Å². The Bertz CT molecular complexity index is 581. The summed E-state index contributed by atoms with van der Waals surface area (Å²) in [7, 11) is 0.553. The van der Waals surface area contributed by atoms with E-state index < -0.39 is 10.0 Å². The quantitative estimate of drug-likeness (QED) is 0.832. The molecule has 5 nitrogen and oxygen atoms in total. The van der Waals surface area contributed by atoms with Gasteiger partial charge in [0.15, 0.2) is 0 Å². The van der Waals surface area contributed by atoms with Crippen LogP contribution in [0.25, 0.3) is 0 Å². The van der Waals surface area contributed by atoms with E-state index in [0.29, 0.717) is 29.3 Å². The highest BCUT2D eigenvalue weighted by Gasteiger charge is 2.31. The molecule has 0 bridgehead atoms. The van der Waals surface area contributed by atoms with E-state index in [-0.39, 0.29) is 4.90 Å². The molecule has 1 saturated heterocycles. The zero-order chi connectivity index (χ0) is 14.9. The van der Waals surface area contributed by atoms with E-state index in [1.807, 2.05) is 14.1 Å². The first kappa shape index (κ1) is 15.8. The maximum atomic E-state index is 12.6. The molecule has 2 rings (SSSR count). The number of nitrogens with two attached hydrogens (primary N) is 1. The Morgan fingerprint density at radius 3 is 2.45 bits per heavy atom. The van der Waals surface area contributed by atoms with E-state index in [2.05, 4.69) is 20.8 Å². The monoisotopic (exact) mass is 361 g/mol. The van der Waals surface area contributed by atoms with Crippen molar-refractivity contribution in [2.24, 2.45) is 0 Å². The van der Waals surface area contributed by atoms with Gasteiger partial charge in [0.1, 0.15) is 4.90 Å². The minimum Gasteiger partial charge on any atom is -0.398 e. The highest BCUT2D eigenvalue weighted by atomic mass is 79.9. The standard InChI is InChI=1S/C13H20BrN3O2S/c1-16(2)11-5-7-17(8-6-11)20(18,19)13-9-10(14)3-4-12(13)15/h3-4,9,11H,5-8,15H2,1-2H3. The van der Waals surface area contributed by atoms with Crippen molar-refractivity contribution in [3.63, 3.8) is 0 Å². The smallest absolute Gasteiger partial charge is 0.245 e. The summed E-state index contributed by atoms with van der Waals surface area (Å²) in [5, 5.41) is 0. The highest BCUT2D eigenvalue weighted by Crippen LogP contribution is 2.28. The van der Waals surface area contributed by atoms with Gasteiger partial charge in [-0.1, -0.05) is 15.9 Å². The summed E-state index contributed by atoms with van der Waals surface area (Å²) in [4.78, 5) is 2.34. The van der Waals surface area contributed by atoms with Crippen molar-refractivity contribution in [2.75, 3.05) is 32.9 Å². The van der Waals surface area contributed by atoms with Crippen molar-refractivity contribution in [3.05, 3.63) is 22.7 Å². The number of anilines is 1. The second kappa shape index (κ2) is 6.01. The molecule has 0 aromatic heterocycles. The molecule has 1 aromatic rings. The first-order valence-electron chi connectivity index (χ1n) is 6.54. The van der Waals surface area contributed by atoms with E-state index in [4.69, 9.17) is 5.73 Å². The van der Waals surface area contributed by atoms with E-state index in [0.717, 1.165) is 12.8 Å².